The van der Waals surface area contributed by atoms with Gasteiger partial charge < -0.3 is 14.7 Å². The zero-order valence-corrected chi connectivity index (χ0v) is 13.8. The van der Waals surface area contributed by atoms with E-state index in [1.165, 1.54) is 36.2 Å². The third-order valence-electron chi connectivity index (χ3n) is 3.57. The molecule has 0 spiro atoms. The van der Waals surface area contributed by atoms with E-state index in [4.69, 9.17) is 9.84 Å². The molecule has 2 N–H and O–H groups in total. The Bertz CT molecular complexity index is 742. The van der Waals surface area contributed by atoms with E-state index in [0.717, 1.165) is 0 Å². The summed E-state index contributed by atoms with van der Waals surface area (Å²) in [6, 6.07) is 4.96. The number of carbonyl (C=O) groups is 2. The lowest BCUT2D eigenvalue weighted by Crippen LogP contribution is -2.52. The van der Waals surface area contributed by atoms with Crippen LogP contribution in [0.3, 0.4) is 0 Å². The van der Waals surface area contributed by atoms with Gasteiger partial charge in [-0.3, -0.25) is 4.79 Å². The molecular formula is C15H18N2O6S. The summed E-state index contributed by atoms with van der Waals surface area (Å²) in [6.07, 6.45) is 2.77. The Morgan fingerprint density at radius 1 is 1.33 bits per heavy atom. The Morgan fingerprint density at radius 3 is 2.58 bits per heavy atom. The lowest BCUT2D eigenvalue weighted by Gasteiger charge is -2.31. The van der Waals surface area contributed by atoms with Gasteiger partial charge in [-0.2, -0.15) is 0 Å². The molecule has 1 unspecified atom stereocenters. The number of sulfonamides is 1. The summed E-state index contributed by atoms with van der Waals surface area (Å²) in [5, 5.41) is 9.11. The summed E-state index contributed by atoms with van der Waals surface area (Å²) in [4.78, 5) is 24.7. The van der Waals surface area contributed by atoms with Crippen LogP contribution in [0.5, 0.6) is 0 Å². The first-order chi connectivity index (χ1) is 11.3. The molecule has 1 aromatic carbocycles. The number of carbonyl (C=O) groups excluding carboxylic acids is 1. The van der Waals surface area contributed by atoms with Crippen molar-refractivity contribution in [3.8, 4) is 0 Å². The van der Waals surface area contributed by atoms with Gasteiger partial charge in [-0.05, 0) is 30.8 Å². The van der Waals surface area contributed by atoms with Crippen LogP contribution in [0.1, 0.15) is 5.56 Å². The fourth-order valence-corrected chi connectivity index (χ4v) is 2.94. The van der Waals surface area contributed by atoms with Crippen molar-refractivity contribution in [2.24, 2.45) is 0 Å². The molecule has 1 fully saturated rings. The SMILES string of the molecule is CNS(=O)(=O)c1ccc(/C=C/C(=O)N2CCOCC2C(=O)O)cc1. The number of rotatable bonds is 5. The smallest absolute Gasteiger partial charge is 0.328 e. The van der Waals surface area contributed by atoms with Gasteiger partial charge in [0.05, 0.1) is 18.1 Å². The maximum Gasteiger partial charge on any atom is 0.328 e. The second-order valence-corrected chi connectivity index (χ2v) is 6.96. The van der Waals surface area contributed by atoms with Crippen LogP contribution < -0.4 is 4.72 Å². The highest BCUT2D eigenvalue weighted by atomic mass is 32.2. The number of morpholine rings is 1. The van der Waals surface area contributed by atoms with Crippen LogP contribution >= 0.6 is 0 Å². The molecule has 1 atom stereocenters. The van der Waals surface area contributed by atoms with E-state index in [9.17, 15) is 18.0 Å². The summed E-state index contributed by atoms with van der Waals surface area (Å²) in [5.41, 5.74) is 0.624. The first kappa shape index (κ1) is 18.1. The summed E-state index contributed by atoms with van der Waals surface area (Å²) in [5.74, 6) is -1.55. The van der Waals surface area contributed by atoms with Gasteiger partial charge in [0.1, 0.15) is 0 Å². The quantitative estimate of drug-likeness (QED) is 0.715. The molecule has 1 amide bonds. The van der Waals surface area contributed by atoms with Crippen molar-refractivity contribution < 1.29 is 27.9 Å². The van der Waals surface area contributed by atoms with Gasteiger partial charge in [-0.1, -0.05) is 12.1 Å². The van der Waals surface area contributed by atoms with Crippen LogP contribution in [0.15, 0.2) is 35.2 Å². The van der Waals surface area contributed by atoms with E-state index < -0.39 is 27.9 Å². The highest BCUT2D eigenvalue weighted by Crippen LogP contribution is 2.13. The van der Waals surface area contributed by atoms with Gasteiger partial charge in [-0.15, -0.1) is 0 Å². The highest BCUT2D eigenvalue weighted by Gasteiger charge is 2.31. The average Bonchev–Trinajstić information content (AvgIpc) is 2.60. The number of amides is 1. The Balaban J connectivity index is 2.09. The van der Waals surface area contributed by atoms with E-state index in [1.54, 1.807) is 12.1 Å². The van der Waals surface area contributed by atoms with Gasteiger partial charge in [0, 0.05) is 12.6 Å². The zero-order valence-electron chi connectivity index (χ0n) is 13.0. The van der Waals surface area contributed by atoms with E-state index in [1.807, 2.05) is 0 Å². The predicted octanol–water partition coefficient (Wildman–Crippen LogP) is -0.0801. The summed E-state index contributed by atoms with van der Waals surface area (Å²) in [6.45, 7) is 0.463. The lowest BCUT2D eigenvalue weighted by molar-refractivity contribution is -0.156. The van der Waals surface area contributed by atoms with Crippen LogP contribution in [0.4, 0.5) is 0 Å². The molecule has 2 rings (SSSR count). The number of aliphatic carboxylic acids is 1. The largest absolute Gasteiger partial charge is 0.480 e. The number of carboxylic acid groups (broad SMARTS) is 1. The van der Waals surface area contributed by atoms with Crippen molar-refractivity contribution in [3.05, 3.63) is 35.9 Å². The predicted molar refractivity (Wildman–Crippen MR) is 85.7 cm³/mol. The maximum absolute atomic E-state index is 12.2. The minimum atomic E-state index is -3.51. The zero-order chi connectivity index (χ0) is 17.7. The lowest BCUT2D eigenvalue weighted by atomic mass is 10.2. The van der Waals surface area contributed by atoms with Gasteiger partial charge in [-0.25, -0.2) is 17.9 Å². The van der Waals surface area contributed by atoms with E-state index in [0.29, 0.717) is 12.2 Å². The minimum Gasteiger partial charge on any atom is -0.480 e. The summed E-state index contributed by atoms with van der Waals surface area (Å²) < 4.78 is 30.5. The van der Waals surface area contributed by atoms with E-state index in [-0.39, 0.29) is 18.0 Å². The molecule has 1 aromatic rings. The molecule has 0 aliphatic carbocycles. The number of hydrogen-bond acceptors (Lipinski definition) is 5. The molecule has 1 aliphatic rings. The van der Waals surface area contributed by atoms with Crippen LogP contribution in [-0.2, 0) is 24.3 Å². The van der Waals surface area contributed by atoms with Gasteiger partial charge >= 0.3 is 5.97 Å². The van der Waals surface area contributed by atoms with Crippen LogP contribution in [0.2, 0.25) is 0 Å². The molecular weight excluding hydrogens is 336 g/mol. The topological polar surface area (TPSA) is 113 Å². The van der Waals surface area contributed by atoms with Crippen molar-refractivity contribution in [1.29, 1.82) is 0 Å². The summed E-state index contributed by atoms with van der Waals surface area (Å²) >= 11 is 0. The first-order valence-electron chi connectivity index (χ1n) is 7.18. The first-order valence-corrected chi connectivity index (χ1v) is 8.66. The van der Waals surface area contributed by atoms with E-state index in [2.05, 4.69) is 4.72 Å². The molecule has 130 valence electrons. The van der Waals surface area contributed by atoms with Crippen molar-refractivity contribution in [3.63, 3.8) is 0 Å². The fourth-order valence-electron chi connectivity index (χ4n) is 2.21. The van der Waals surface area contributed by atoms with Crippen LogP contribution in [0, 0.1) is 0 Å². The molecule has 0 radical (unpaired) electrons. The molecule has 1 aliphatic heterocycles. The molecule has 0 aromatic heterocycles. The van der Waals surface area contributed by atoms with E-state index >= 15 is 0 Å². The molecule has 24 heavy (non-hydrogen) atoms. The molecule has 0 saturated carbocycles. The number of carboxylic acids is 1. The standard InChI is InChI=1S/C15H18N2O6S/c1-16-24(21,22)12-5-2-11(3-6-12)4-7-14(18)17-8-9-23-10-13(17)15(19)20/h2-7,13,16H,8-10H2,1H3,(H,19,20)/b7-4+. The number of nitrogens with zero attached hydrogens (tertiary/aromatic N) is 1. The molecule has 0 bridgehead atoms. The van der Waals surface area contributed by atoms with Crippen molar-refractivity contribution in [2.75, 3.05) is 26.8 Å². The number of benzene rings is 1. The Hall–Kier alpha value is -2.23. The monoisotopic (exact) mass is 354 g/mol. The Labute approximate surface area is 139 Å². The summed E-state index contributed by atoms with van der Waals surface area (Å²) in [7, 11) is -2.19. The third-order valence-corrected chi connectivity index (χ3v) is 5.00. The normalized spacial score (nSPS) is 18.7. The third kappa shape index (κ3) is 4.19. The molecule has 1 saturated heterocycles. The van der Waals surface area contributed by atoms with Gasteiger partial charge in [0.15, 0.2) is 6.04 Å². The number of hydrogen-bond donors (Lipinski definition) is 2. The van der Waals surface area contributed by atoms with Crippen molar-refractivity contribution in [1.82, 2.24) is 9.62 Å². The van der Waals surface area contributed by atoms with Crippen LogP contribution in [-0.4, -0.2) is 63.1 Å². The molecule has 9 heteroatoms. The second kappa shape index (κ2) is 7.56. The fraction of sp³-hybridized carbons (Fsp3) is 0.333. The molecule has 1 heterocycles. The van der Waals surface area contributed by atoms with Gasteiger partial charge in [0.25, 0.3) is 0 Å². The van der Waals surface area contributed by atoms with Crippen molar-refractivity contribution >= 4 is 28.0 Å². The van der Waals surface area contributed by atoms with Crippen LogP contribution in [0.25, 0.3) is 6.08 Å². The van der Waals surface area contributed by atoms with Gasteiger partial charge in [0.2, 0.25) is 15.9 Å². The minimum absolute atomic E-state index is 0.0362. The number of ether oxygens (including phenoxy) is 1. The Kier molecular flexibility index (Phi) is 5.71. The number of nitrogens with one attached hydrogen (secondary N) is 1. The maximum atomic E-state index is 12.2. The molecule has 8 nitrogen and oxygen atoms in total. The highest BCUT2D eigenvalue weighted by molar-refractivity contribution is 7.89. The second-order valence-electron chi connectivity index (χ2n) is 5.07. The average molecular weight is 354 g/mol. The Morgan fingerprint density at radius 2 is 2.00 bits per heavy atom. The van der Waals surface area contributed by atoms with Crippen molar-refractivity contribution in [2.45, 2.75) is 10.9 Å².